The minimum absolute atomic E-state index is 0.0300. The third-order valence-corrected chi connectivity index (χ3v) is 3.43. The average Bonchev–Trinajstić information content (AvgIpc) is 2.96. The van der Waals surface area contributed by atoms with Crippen LogP contribution in [0.25, 0.3) is 16.6 Å². The number of hydrogen-bond acceptors (Lipinski definition) is 6. The monoisotopic (exact) mass is 340 g/mol. The molecule has 120 valence electrons. The molecule has 0 bridgehead atoms. The van der Waals surface area contributed by atoms with Gasteiger partial charge >= 0.3 is 5.69 Å². The number of hydrogen-bond donors (Lipinski definition) is 2. The summed E-state index contributed by atoms with van der Waals surface area (Å²) in [6, 6.07) is 2.12. The van der Waals surface area contributed by atoms with Crippen LogP contribution < -0.4 is 16.1 Å². The first kappa shape index (κ1) is 14.9. The van der Waals surface area contributed by atoms with Crippen molar-refractivity contribution in [1.29, 1.82) is 0 Å². The first-order chi connectivity index (χ1) is 10.8. The summed E-state index contributed by atoms with van der Waals surface area (Å²) >= 11 is 0. The molecule has 2 aromatic heterocycles. The van der Waals surface area contributed by atoms with Gasteiger partial charge in [-0.15, -0.1) is 10.2 Å². The second-order valence-corrected chi connectivity index (χ2v) is 6.38. The zero-order valence-electron chi connectivity index (χ0n) is 11.5. The van der Waals surface area contributed by atoms with Gasteiger partial charge in [0.05, 0.1) is 22.8 Å². The summed E-state index contributed by atoms with van der Waals surface area (Å²) < 4.78 is 38.1. The van der Waals surface area contributed by atoms with E-state index in [1.807, 2.05) is 0 Å². The minimum atomic E-state index is -3.86. The van der Waals surface area contributed by atoms with Gasteiger partial charge < -0.3 is 4.98 Å². The fourth-order valence-electron chi connectivity index (χ4n) is 2.00. The van der Waals surface area contributed by atoms with Crippen molar-refractivity contribution in [2.24, 2.45) is 0 Å². The molecule has 0 aliphatic rings. The molecule has 0 aliphatic heterocycles. The standard InChI is InChI=1S/C11H9FN6O4S/c1-23(21,22)16-18-10(19)6-2-9(17-4-13-14-5-17)7(12)3-8(6)15-11(18)20/h2-5,16H,1H3,(H,15,20). The molecule has 0 fully saturated rings. The maximum Gasteiger partial charge on any atom is 0.348 e. The van der Waals surface area contributed by atoms with Crippen LogP contribution >= 0.6 is 0 Å². The molecule has 0 aliphatic carbocycles. The zero-order chi connectivity index (χ0) is 16.8. The van der Waals surface area contributed by atoms with Crippen LogP contribution in [-0.4, -0.2) is 39.1 Å². The van der Waals surface area contributed by atoms with E-state index in [1.54, 1.807) is 4.83 Å². The molecular weight excluding hydrogens is 331 g/mol. The number of fused-ring (bicyclic) bond motifs is 1. The van der Waals surface area contributed by atoms with E-state index in [4.69, 9.17) is 0 Å². The number of H-pyrrole nitrogens is 1. The van der Waals surface area contributed by atoms with E-state index in [0.717, 1.165) is 18.4 Å². The second kappa shape index (κ2) is 5.01. The highest BCUT2D eigenvalue weighted by Gasteiger charge is 2.14. The first-order valence-electron chi connectivity index (χ1n) is 6.07. The Morgan fingerprint density at radius 3 is 2.48 bits per heavy atom. The Balaban J connectivity index is 2.34. The zero-order valence-corrected chi connectivity index (χ0v) is 12.3. The van der Waals surface area contributed by atoms with E-state index in [-0.39, 0.29) is 16.6 Å². The van der Waals surface area contributed by atoms with Crippen LogP contribution in [0.1, 0.15) is 0 Å². The lowest BCUT2D eigenvalue weighted by atomic mass is 10.2. The Labute approximate surface area is 127 Å². The van der Waals surface area contributed by atoms with Gasteiger partial charge in [0.25, 0.3) is 5.56 Å². The maximum absolute atomic E-state index is 14.1. The summed E-state index contributed by atoms with van der Waals surface area (Å²) in [6.45, 7) is 0. The van der Waals surface area contributed by atoms with Gasteiger partial charge in [0.2, 0.25) is 10.0 Å². The Bertz CT molecular complexity index is 1120. The molecule has 10 nitrogen and oxygen atoms in total. The van der Waals surface area contributed by atoms with Crippen molar-refractivity contribution in [2.45, 2.75) is 0 Å². The minimum Gasteiger partial charge on any atom is -0.305 e. The normalized spacial score (nSPS) is 11.7. The molecule has 3 aromatic rings. The summed E-state index contributed by atoms with van der Waals surface area (Å²) in [4.78, 5) is 28.1. The fraction of sp³-hybridized carbons (Fsp3) is 0.0909. The highest BCUT2D eigenvalue weighted by molar-refractivity contribution is 7.91. The summed E-state index contributed by atoms with van der Waals surface area (Å²) in [5, 5.41) is 6.98. The average molecular weight is 340 g/mol. The molecule has 0 amide bonds. The SMILES string of the molecule is CS(=O)(=O)Nn1c(=O)[nH]c2cc(F)c(-n3cnnc3)cc2c1=O. The van der Waals surface area contributed by atoms with E-state index in [9.17, 15) is 22.4 Å². The molecule has 2 heterocycles. The lowest BCUT2D eigenvalue weighted by Gasteiger charge is -2.09. The largest absolute Gasteiger partial charge is 0.348 e. The molecule has 23 heavy (non-hydrogen) atoms. The highest BCUT2D eigenvalue weighted by Crippen LogP contribution is 2.17. The van der Waals surface area contributed by atoms with Crippen LogP contribution in [0.5, 0.6) is 0 Å². The first-order valence-corrected chi connectivity index (χ1v) is 7.97. The van der Waals surface area contributed by atoms with Crippen molar-refractivity contribution < 1.29 is 12.8 Å². The van der Waals surface area contributed by atoms with Gasteiger partial charge in [-0.1, -0.05) is 0 Å². The van der Waals surface area contributed by atoms with E-state index >= 15 is 0 Å². The summed E-state index contributed by atoms with van der Waals surface area (Å²) in [5.74, 6) is -0.721. The molecule has 0 spiro atoms. The van der Waals surface area contributed by atoms with Gasteiger partial charge in [0.1, 0.15) is 18.5 Å². The number of aromatic amines is 1. The Morgan fingerprint density at radius 1 is 1.22 bits per heavy atom. The van der Waals surface area contributed by atoms with E-state index in [0.29, 0.717) is 4.68 Å². The number of halogens is 1. The van der Waals surface area contributed by atoms with Crippen LogP contribution in [0.2, 0.25) is 0 Å². The Hall–Kier alpha value is -3.02. The molecule has 12 heteroatoms. The van der Waals surface area contributed by atoms with Crippen molar-refractivity contribution in [3.63, 3.8) is 0 Å². The molecule has 0 radical (unpaired) electrons. The number of rotatable bonds is 3. The second-order valence-electron chi connectivity index (χ2n) is 4.65. The molecule has 0 saturated heterocycles. The van der Waals surface area contributed by atoms with Gasteiger partial charge in [-0.3, -0.25) is 9.36 Å². The van der Waals surface area contributed by atoms with Gasteiger partial charge in [-0.05, 0) is 6.07 Å². The third kappa shape index (κ3) is 2.70. The van der Waals surface area contributed by atoms with Crippen molar-refractivity contribution in [3.05, 3.63) is 51.4 Å². The molecule has 2 N–H and O–H groups in total. The van der Waals surface area contributed by atoms with Crippen LogP contribution in [0, 0.1) is 5.82 Å². The molecule has 3 rings (SSSR count). The number of benzene rings is 1. The molecule has 0 atom stereocenters. The van der Waals surface area contributed by atoms with Crippen molar-refractivity contribution in [1.82, 2.24) is 24.4 Å². The Kier molecular flexibility index (Phi) is 3.25. The molecular formula is C11H9FN6O4S. The fourth-order valence-corrected chi connectivity index (χ4v) is 2.50. The quantitative estimate of drug-likeness (QED) is 0.623. The third-order valence-electron chi connectivity index (χ3n) is 2.92. The van der Waals surface area contributed by atoms with Gasteiger partial charge in [-0.2, -0.15) is 4.68 Å². The van der Waals surface area contributed by atoms with Gasteiger partial charge in [0, 0.05) is 6.07 Å². The van der Waals surface area contributed by atoms with Crippen molar-refractivity contribution >= 4 is 20.9 Å². The molecule has 0 saturated carbocycles. The van der Waals surface area contributed by atoms with Crippen molar-refractivity contribution in [2.75, 3.05) is 11.1 Å². The smallest absolute Gasteiger partial charge is 0.305 e. The summed E-state index contributed by atoms with van der Waals surface area (Å²) in [5.41, 5.74) is -2.08. The van der Waals surface area contributed by atoms with E-state index in [1.165, 1.54) is 17.2 Å². The van der Waals surface area contributed by atoms with Crippen molar-refractivity contribution in [3.8, 4) is 5.69 Å². The number of aromatic nitrogens is 5. The highest BCUT2D eigenvalue weighted by atomic mass is 32.2. The summed E-state index contributed by atoms with van der Waals surface area (Å²) in [6.07, 6.45) is 3.24. The predicted molar refractivity (Wildman–Crippen MR) is 77.9 cm³/mol. The number of sulfonamides is 1. The summed E-state index contributed by atoms with van der Waals surface area (Å²) in [7, 11) is -3.86. The lowest BCUT2D eigenvalue weighted by Crippen LogP contribution is -2.43. The van der Waals surface area contributed by atoms with E-state index < -0.39 is 27.1 Å². The topological polar surface area (TPSA) is 132 Å². The Morgan fingerprint density at radius 2 is 1.87 bits per heavy atom. The van der Waals surface area contributed by atoms with Crippen LogP contribution in [0.3, 0.4) is 0 Å². The number of nitrogens with one attached hydrogen (secondary N) is 2. The van der Waals surface area contributed by atoms with Crippen LogP contribution in [0.15, 0.2) is 34.4 Å². The molecule has 0 unspecified atom stereocenters. The molecule has 1 aromatic carbocycles. The van der Waals surface area contributed by atoms with Gasteiger partial charge in [0.15, 0.2) is 0 Å². The predicted octanol–water partition coefficient (Wildman–Crippen LogP) is -1.09. The van der Waals surface area contributed by atoms with Crippen LogP contribution in [0.4, 0.5) is 4.39 Å². The maximum atomic E-state index is 14.1. The van der Waals surface area contributed by atoms with Gasteiger partial charge in [-0.25, -0.2) is 22.4 Å². The van der Waals surface area contributed by atoms with Crippen LogP contribution in [-0.2, 0) is 10.0 Å². The number of nitrogens with zero attached hydrogens (tertiary/aromatic N) is 4. The lowest BCUT2D eigenvalue weighted by molar-refractivity contribution is 0.598. The van der Waals surface area contributed by atoms with E-state index in [2.05, 4.69) is 15.2 Å².